The Morgan fingerprint density at radius 3 is 2.67 bits per heavy atom. The molecule has 3 fully saturated rings. The number of ketones is 1. The van der Waals surface area contributed by atoms with Crippen LogP contribution in [0.15, 0.2) is 30.3 Å². The number of hydrogen-bond donors (Lipinski definition) is 0. The van der Waals surface area contributed by atoms with Crippen molar-refractivity contribution in [2.75, 3.05) is 26.3 Å². The summed E-state index contributed by atoms with van der Waals surface area (Å²) in [5.41, 5.74) is 0.841. The van der Waals surface area contributed by atoms with E-state index >= 15 is 8.78 Å². The molecule has 7 heteroatoms. The highest BCUT2D eigenvalue weighted by Gasteiger charge is 2.51. The lowest BCUT2D eigenvalue weighted by Crippen LogP contribution is -2.54. The number of fused-ring (bicyclic) bond motifs is 6. The molecule has 0 N–H and O–H groups in total. The largest absolute Gasteiger partial charge is 0.445 e. The van der Waals surface area contributed by atoms with E-state index in [2.05, 4.69) is 0 Å². The first-order valence-electron chi connectivity index (χ1n) is 9.27. The van der Waals surface area contributed by atoms with Gasteiger partial charge in [0.2, 0.25) is 0 Å². The first-order chi connectivity index (χ1) is 12.9. The molecule has 0 aromatic heterocycles. The average Bonchev–Trinajstić information content (AvgIpc) is 2.60. The van der Waals surface area contributed by atoms with Crippen LogP contribution in [-0.4, -0.2) is 49.0 Å². The zero-order valence-electron chi connectivity index (χ0n) is 15.4. The maximum atomic E-state index is 15.0. The molecule has 0 spiro atoms. The highest BCUT2D eigenvalue weighted by atomic mass is 19.3. The van der Waals surface area contributed by atoms with E-state index < -0.39 is 23.9 Å². The maximum absolute atomic E-state index is 15.0. The van der Waals surface area contributed by atoms with Crippen LogP contribution < -0.4 is 0 Å². The maximum Gasteiger partial charge on any atom is 0.410 e. The molecule has 3 aliphatic heterocycles. The summed E-state index contributed by atoms with van der Waals surface area (Å²) in [6.45, 7) is 1.80. The van der Waals surface area contributed by atoms with Crippen molar-refractivity contribution in [1.82, 2.24) is 4.90 Å². The Morgan fingerprint density at radius 2 is 1.96 bits per heavy atom. The van der Waals surface area contributed by atoms with Gasteiger partial charge in [-0.25, -0.2) is 13.6 Å². The third-order valence-corrected chi connectivity index (χ3v) is 5.30. The van der Waals surface area contributed by atoms with Gasteiger partial charge in [-0.1, -0.05) is 30.3 Å². The first kappa shape index (κ1) is 19.7. The summed E-state index contributed by atoms with van der Waals surface area (Å²) < 4.78 is 40.8. The Bertz CT molecular complexity index is 667. The molecule has 148 valence electrons. The smallest absolute Gasteiger partial charge is 0.410 e. The summed E-state index contributed by atoms with van der Waals surface area (Å²) in [5.74, 6) is -5.70. The summed E-state index contributed by atoms with van der Waals surface area (Å²) in [6, 6.07) is 9.23. The van der Waals surface area contributed by atoms with E-state index in [0.717, 1.165) is 5.56 Å². The van der Waals surface area contributed by atoms with Gasteiger partial charge < -0.3 is 19.2 Å². The fourth-order valence-corrected chi connectivity index (χ4v) is 3.93. The molecule has 0 aliphatic carbocycles. The number of Topliss-reactive ketones (excluding diaryl/α,β-unsaturated/α-hetero) is 1. The van der Waals surface area contributed by atoms with Gasteiger partial charge in [-0.15, -0.1) is 0 Å². The third-order valence-electron chi connectivity index (χ3n) is 5.30. The normalized spacial score (nSPS) is 27.4. The van der Waals surface area contributed by atoms with Crippen LogP contribution >= 0.6 is 0 Å². The van der Waals surface area contributed by atoms with E-state index in [0.29, 0.717) is 13.2 Å². The zero-order valence-corrected chi connectivity index (χ0v) is 15.4. The fraction of sp³-hybridized carbons (Fsp3) is 0.600. The predicted octanol–water partition coefficient (Wildman–Crippen LogP) is 3.52. The van der Waals surface area contributed by atoms with Gasteiger partial charge >= 0.3 is 6.09 Å². The van der Waals surface area contributed by atoms with E-state index in [1.165, 1.54) is 11.8 Å². The van der Waals surface area contributed by atoms with E-state index in [1.807, 2.05) is 30.3 Å². The quantitative estimate of drug-likeness (QED) is 0.801. The van der Waals surface area contributed by atoms with Crippen LogP contribution in [0.1, 0.15) is 25.3 Å². The van der Waals surface area contributed by atoms with Crippen molar-refractivity contribution in [3.63, 3.8) is 0 Å². The van der Waals surface area contributed by atoms with E-state index in [9.17, 15) is 9.59 Å². The van der Waals surface area contributed by atoms with Gasteiger partial charge in [-0.2, -0.15) is 0 Å². The molecule has 5 nitrogen and oxygen atoms in total. The topological polar surface area (TPSA) is 55.8 Å². The first-order valence-corrected chi connectivity index (χ1v) is 9.27. The van der Waals surface area contributed by atoms with Crippen LogP contribution in [0.3, 0.4) is 0 Å². The molecule has 3 atom stereocenters. The fourth-order valence-electron chi connectivity index (χ4n) is 3.93. The summed E-state index contributed by atoms with van der Waals surface area (Å²) in [4.78, 5) is 25.3. The summed E-state index contributed by atoms with van der Waals surface area (Å²) >= 11 is 0. The second-order valence-corrected chi connectivity index (χ2v) is 7.56. The number of nitrogens with zero attached hydrogens (tertiary/aromatic N) is 1. The molecule has 1 amide bonds. The number of carbonyl (C=O) groups excluding carboxylic acids is 2. The molecule has 0 radical (unpaired) electrons. The van der Waals surface area contributed by atoms with Crippen LogP contribution in [0.2, 0.25) is 0 Å². The van der Waals surface area contributed by atoms with Crippen molar-refractivity contribution in [3.05, 3.63) is 35.9 Å². The Kier molecular flexibility index (Phi) is 6.09. The third kappa shape index (κ3) is 4.83. The van der Waals surface area contributed by atoms with Crippen LogP contribution in [-0.2, 0) is 20.9 Å². The van der Waals surface area contributed by atoms with Crippen LogP contribution in [0.4, 0.5) is 13.6 Å². The second kappa shape index (κ2) is 8.33. The number of carbonyl (C=O) groups is 2. The Labute approximate surface area is 157 Å². The monoisotopic (exact) mass is 381 g/mol. The number of amides is 1. The van der Waals surface area contributed by atoms with E-state index in [4.69, 9.17) is 9.47 Å². The highest BCUT2D eigenvalue weighted by Crippen LogP contribution is 2.43. The minimum Gasteiger partial charge on any atom is -0.445 e. The Morgan fingerprint density at radius 1 is 1.22 bits per heavy atom. The van der Waals surface area contributed by atoms with Gasteiger partial charge in [0.15, 0.2) is 0 Å². The average molecular weight is 381 g/mol. The molecule has 27 heavy (non-hydrogen) atoms. The standard InChI is InChI=1S/C20H25F2NO4/c1-14(24)7-17-8-16-9-23(10-18(13-26-11-16)20(17,21)22)19(25)27-12-15-5-3-2-4-6-15/h2-6,16-18H,7-13H2,1H3/t16?,17-,18?/m1/s1. The molecular weight excluding hydrogens is 356 g/mol. The molecule has 2 unspecified atom stereocenters. The number of ether oxygens (including phenoxy) is 2. The van der Waals surface area contributed by atoms with Gasteiger partial charge in [0, 0.05) is 31.3 Å². The lowest BCUT2D eigenvalue weighted by molar-refractivity contribution is -0.172. The number of halogens is 2. The molecular formula is C20H25F2NO4. The number of hydrogen-bond acceptors (Lipinski definition) is 4. The van der Waals surface area contributed by atoms with Crippen LogP contribution in [0.25, 0.3) is 0 Å². The van der Waals surface area contributed by atoms with E-state index in [1.54, 1.807) is 0 Å². The molecule has 0 saturated carbocycles. The van der Waals surface area contributed by atoms with Crippen LogP contribution in [0, 0.1) is 17.8 Å². The molecule has 2 bridgehead atoms. The molecule has 1 aromatic rings. The van der Waals surface area contributed by atoms with Crippen molar-refractivity contribution in [3.8, 4) is 0 Å². The van der Waals surface area contributed by atoms with Gasteiger partial charge in [0.25, 0.3) is 5.92 Å². The lowest BCUT2D eigenvalue weighted by atomic mass is 9.78. The van der Waals surface area contributed by atoms with Crippen molar-refractivity contribution >= 4 is 11.9 Å². The van der Waals surface area contributed by atoms with Gasteiger partial charge in [0.05, 0.1) is 19.1 Å². The number of rotatable bonds is 4. The van der Waals surface area contributed by atoms with Crippen molar-refractivity contribution < 1.29 is 27.8 Å². The minimum atomic E-state index is -3.07. The van der Waals surface area contributed by atoms with E-state index in [-0.39, 0.29) is 44.3 Å². The summed E-state index contributed by atoms with van der Waals surface area (Å²) in [5, 5.41) is 0. The zero-order chi connectivity index (χ0) is 19.4. The number of benzene rings is 1. The Balaban J connectivity index is 1.71. The van der Waals surface area contributed by atoms with Crippen molar-refractivity contribution in [1.29, 1.82) is 0 Å². The SMILES string of the molecule is CC(=O)C[C@@H]1CC2COCC(CN(C(=O)OCc3ccccc3)C2)C1(F)F. The Hall–Kier alpha value is -2.02. The molecule has 3 aliphatic rings. The van der Waals surface area contributed by atoms with Gasteiger partial charge in [-0.05, 0) is 18.9 Å². The number of alkyl halides is 2. The van der Waals surface area contributed by atoms with Gasteiger partial charge in [0.1, 0.15) is 12.4 Å². The van der Waals surface area contributed by atoms with Gasteiger partial charge in [-0.3, -0.25) is 0 Å². The lowest BCUT2D eigenvalue weighted by Gasteiger charge is -2.43. The minimum absolute atomic E-state index is 0.103. The molecule has 4 rings (SSSR count). The van der Waals surface area contributed by atoms with Crippen molar-refractivity contribution in [2.45, 2.75) is 32.3 Å². The molecule has 3 heterocycles. The predicted molar refractivity (Wildman–Crippen MR) is 94.4 cm³/mol. The highest BCUT2D eigenvalue weighted by molar-refractivity contribution is 5.75. The summed E-state index contributed by atoms with van der Waals surface area (Å²) in [6.07, 6.45) is -0.569. The molecule has 3 saturated heterocycles. The second-order valence-electron chi connectivity index (χ2n) is 7.56. The molecule has 1 aromatic carbocycles. The van der Waals surface area contributed by atoms with Crippen LogP contribution in [0.5, 0.6) is 0 Å². The van der Waals surface area contributed by atoms with Crippen molar-refractivity contribution in [2.24, 2.45) is 17.8 Å². The summed E-state index contributed by atoms with van der Waals surface area (Å²) in [7, 11) is 0.